The first-order chi connectivity index (χ1) is 7.17. The van der Waals surface area contributed by atoms with Crippen LogP contribution in [0.15, 0.2) is 18.2 Å². The first-order valence-corrected chi connectivity index (χ1v) is 3.92. The minimum absolute atomic E-state index is 0.00972. The van der Waals surface area contributed by atoms with E-state index in [4.69, 9.17) is 15.1 Å². The zero-order valence-corrected chi connectivity index (χ0v) is 7.54. The van der Waals surface area contributed by atoms with Gasteiger partial charge in [0.15, 0.2) is 12.4 Å². The Labute approximate surface area is 84.6 Å². The Kier molecular flexibility index (Phi) is 3.64. The molecule has 0 unspecified atom stereocenters. The van der Waals surface area contributed by atoms with Gasteiger partial charge >= 0.3 is 5.97 Å². The van der Waals surface area contributed by atoms with E-state index in [2.05, 4.69) is 4.89 Å². The van der Waals surface area contributed by atoms with Crippen molar-refractivity contribution in [1.29, 1.82) is 0 Å². The van der Waals surface area contributed by atoms with Crippen molar-refractivity contribution in [3.8, 4) is 11.5 Å². The first-order valence-electron chi connectivity index (χ1n) is 3.92. The van der Waals surface area contributed by atoms with Crippen molar-refractivity contribution in [3.63, 3.8) is 0 Å². The highest BCUT2D eigenvalue weighted by atomic mass is 17.1. The fourth-order valence-corrected chi connectivity index (χ4v) is 0.926. The molecule has 0 aromatic heterocycles. The van der Waals surface area contributed by atoms with Gasteiger partial charge in [0.1, 0.15) is 6.29 Å². The quantitative estimate of drug-likeness (QED) is 0.426. The van der Waals surface area contributed by atoms with Gasteiger partial charge in [-0.05, 0) is 18.2 Å². The minimum atomic E-state index is -1.17. The van der Waals surface area contributed by atoms with Crippen LogP contribution in [0.4, 0.5) is 0 Å². The maximum atomic E-state index is 10.4. The molecule has 0 bridgehead atoms. The van der Waals surface area contributed by atoms with Crippen molar-refractivity contribution in [1.82, 2.24) is 0 Å². The molecule has 0 heterocycles. The molecule has 0 atom stereocenters. The van der Waals surface area contributed by atoms with Gasteiger partial charge in [-0.15, -0.1) is 0 Å². The molecule has 2 N–H and O–H groups in total. The molecule has 0 radical (unpaired) electrons. The smallest absolute Gasteiger partial charge is 0.341 e. The fourth-order valence-electron chi connectivity index (χ4n) is 0.926. The van der Waals surface area contributed by atoms with Crippen molar-refractivity contribution in [2.24, 2.45) is 0 Å². The number of hydrogen-bond acceptors (Lipinski definition) is 5. The number of carboxylic acids is 1. The summed E-state index contributed by atoms with van der Waals surface area (Å²) in [6.07, 6.45) is 0.564. The largest absolute Gasteiger partial charge is 0.479 e. The van der Waals surface area contributed by atoms with Crippen LogP contribution in [0.2, 0.25) is 0 Å². The summed E-state index contributed by atoms with van der Waals surface area (Å²) < 4.78 is 4.79. The molecule has 0 amide bonds. The zero-order valence-electron chi connectivity index (χ0n) is 7.54. The van der Waals surface area contributed by atoms with Gasteiger partial charge in [-0.25, -0.2) is 10.1 Å². The second kappa shape index (κ2) is 4.97. The SMILES string of the molecule is O=Cc1ccc(OO)c(OCC(=O)O)c1. The first kappa shape index (κ1) is 11.0. The number of hydrogen-bond donors (Lipinski definition) is 2. The summed E-state index contributed by atoms with van der Waals surface area (Å²) in [7, 11) is 0. The molecule has 6 heteroatoms. The third-order valence-electron chi connectivity index (χ3n) is 1.55. The van der Waals surface area contributed by atoms with Crippen molar-refractivity contribution >= 4 is 12.3 Å². The summed E-state index contributed by atoms with van der Waals surface area (Å²) in [5, 5.41) is 16.8. The Hall–Kier alpha value is -2.08. The second-order valence-corrected chi connectivity index (χ2v) is 2.60. The molecule has 0 aliphatic carbocycles. The van der Waals surface area contributed by atoms with Crippen molar-refractivity contribution < 1.29 is 29.6 Å². The highest BCUT2D eigenvalue weighted by molar-refractivity contribution is 5.76. The predicted molar refractivity (Wildman–Crippen MR) is 48.2 cm³/mol. The van der Waals surface area contributed by atoms with E-state index in [1.165, 1.54) is 18.2 Å². The monoisotopic (exact) mass is 212 g/mol. The minimum Gasteiger partial charge on any atom is -0.479 e. The van der Waals surface area contributed by atoms with Crippen LogP contribution in [0.5, 0.6) is 11.5 Å². The predicted octanol–water partition coefficient (Wildman–Crippen LogP) is 0.814. The standard InChI is InChI=1S/C9H8O6/c10-4-6-1-2-7(15-13)8(3-6)14-5-9(11)12/h1-4,13H,5H2,(H,11,12). The molecule has 80 valence electrons. The molecule has 1 aromatic rings. The number of ether oxygens (including phenoxy) is 1. The van der Waals surface area contributed by atoms with E-state index in [1.807, 2.05) is 0 Å². The summed E-state index contributed by atoms with van der Waals surface area (Å²) in [6, 6.07) is 3.95. The van der Waals surface area contributed by atoms with Gasteiger partial charge in [-0.2, -0.15) is 0 Å². The Balaban J connectivity index is 2.90. The molecule has 15 heavy (non-hydrogen) atoms. The highest BCUT2D eigenvalue weighted by Gasteiger charge is 2.08. The number of carbonyl (C=O) groups excluding carboxylic acids is 1. The van der Waals surface area contributed by atoms with Gasteiger partial charge in [-0.3, -0.25) is 4.79 Å². The van der Waals surface area contributed by atoms with E-state index < -0.39 is 12.6 Å². The Bertz CT molecular complexity index is 373. The van der Waals surface area contributed by atoms with Gasteiger partial charge < -0.3 is 14.7 Å². The normalized spacial score (nSPS) is 9.40. The van der Waals surface area contributed by atoms with Crippen LogP contribution in [0.25, 0.3) is 0 Å². The molecule has 1 aromatic carbocycles. The van der Waals surface area contributed by atoms with Crippen LogP contribution in [0.1, 0.15) is 10.4 Å². The van der Waals surface area contributed by atoms with Gasteiger partial charge in [-0.1, -0.05) is 0 Å². The Morgan fingerprint density at radius 3 is 2.67 bits per heavy atom. The summed E-state index contributed by atoms with van der Waals surface area (Å²) in [4.78, 5) is 24.6. The third-order valence-corrected chi connectivity index (χ3v) is 1.55. The van der Waals surface area contributed by atoms with Crippen LogP contribution in [-0.2, 0) is 4.79 Å². The number of benzene rings is 1. The van der Waals surface area contributed by atoms with E-state index in [1.54, 1.807) is 0 Å². The second-order valence-electron chi connectivity index (χ2n) is 2.60. The molecular formula is C9H8O6. The van der Waals surface area contributed by atoms with Gasteiger partial charge in [0, 0.05) is 5.56 Å². The van der Waals surface area contributed by atoms with Crippen molar-refractivity contribution in [2.45, 2.75) is 0 Å². The number of rotatable bonds is 5. The van der Waals surface area contributed by atoms with E-state index in [9.17, 15) is 9.59 Å². The third kappa shape index (κ3) is 2.96. The van der Waals surface area contributed by atoms with Crippen LogP contribution < -0.4 is 9.62 Å². The van der Waals surface area contributed by atoms with Crippen LogP contribution in [0, 0.1) is 0 Å². The molecule has 0 saturated carbocycles. The van der Waals surface area contributed by atoms with Gasteiger partial charge in [0.25, 0.3) is 0 Å². The van der Waals surface area contributed by atoms with Gasteiger partial charge in [0.2, 0.25) is 5.75 Å². The topological polar surface area (TPSA) is 93.1 Å². The number of aldehydes is 1. The fraction of sp³-hybridized carbons (Fsp3) is 0.111. The average molecular weight is 212 g/mol. The van der Waals surface area contributed by atoms with E-state index in [-0.39, 0.29) is 17.1 Å². The lowest BCUT2D eigenvalue weighted by Crippen LogP contribution is -2.10. The molecule has 0 aliphatic heterocycles. The lowest BCUT2D eigenvalue weighted by atomic mass is 10.2. The molecule has 0 fully saturated rings. The number of carbonyl (C=O) groups is 2. The summed E-state index contributed by atoms with van der Waals surface area (Å²) in [5.41, 5.74) is 0.288. The summed E-state index contributed by atoms with van der Waals surface area (Å²) in [6.45, 7) is -0.585. The molecule has 6 nitrogen and oxygen atoms in total. The number of aliphatic carboxylic acids is 1. The van der Waals surface area contributed by atoms with Crippen molar-refractivity contribution in [3.05, 3.63) is 23.8 Å². The van der Waals surface area contributed by atoms with Crippen molar-refractivity contribution in [2.75, 3.05) is 6.61 Å². The van der Waals surface area contributed by atoms with Crippen LogP contribution >= 0.6 is 0 Å². The lowest BCUT2D eigenvalue weighted by Gasteiger charge is -2.07. The van der Waals surface area contributed by atoms with E-state index >= 15 is 0 Å². The molecule has 1 rings (SSSR count). The van der Waals surface area contributed by atoms with Crippen LogP contribution in [-0.4, -0.2) is 29.2 Å². The maximum Gasteiger partial charge on any atom is 0.341 e. The average Bonchev–Trinajstić information content (AvgIpc) is 2.25. The molecule has 0 aliphatic rings. The van der Waals surface area contributed by atoms with Gasteiger partial charge in [0.05, 0.1) is 0 Å². The zero-order chi connectivity index (χ0) is 11.3. The summed E-state index contributed by atoms with van der Waals surface area (Å²) in [5.74, 6) is -1.23. The van der Waals surface area contributed by atoms with E-state index in [0.29, 0.717) is 6.29 Å². The highest BCUT2D eigenvalue weighted by Crippen LogP contribution is 2.27. The number of carboxylic acid groups (broad SMARTS) is 1. The Morgan fingerprint density at radius 2 is 2.13 bits per heavy atom. The Morgan fingerprint density at radius 1 is 1.40 bits per heavy atom. The lowest BCUT2D eigenvalue weighted by molar-refractivity contribution is -0.143. The molecule has 0 saturated heterocycles. The maximum absolute atomic E-state index is 10.4. The van der Waals surface area contributed by atoms with E-state index in [0.717, 1.165) is 0 Å². The molecular weight excluding hydrogens is 204 g/mol. The van der Waals surface area contributed by atoms with Crippen LogP contribution in [0.3, 0.4) is 0 Å². The molecule has 0 spiro atoms. The summed E-state index contributed by atoms with van der Waals surface area (Å²) >= 11 is 0.